The molecule has 0 bridgehead atoms. The molecule has 0 spiro atoms. The first-order valence-corrected chi connectivity index (χ1v) is 7.08. The number of rotatable bonds is 4. The molecule has 0 aliphatic carbocycles. The Morgan fingerprint density at radius 2 is 2.14 bits per heavy atom. The first-order chi connectivity index (χ1) is 10.1. The number of likely N-dealkylation sites (tertiary alicyclic amines) is 1. The second kappa shape index (κ2) is 7.08. The number of carbonyl (C=O) groups excluding carboxylic acids is 2. The van der Waals surface area contributed by atoms with E-state index in [2.05, 4.69) is 5.32 Å². The number of hydrogen-bond donors (Lipinski definition) is 2. The minimum absolute atomic E-state index is 0.0484. The summed E-state index contributed by atoms with van der Waals surface area (Å²) in [5.41, 5.74) is 6.45. The highest BCUT2D eigenvalue weighted by Gasteiger charge is 2.28. The Bertz CT molecular complexity index is 490. The molecule has 2 rings (SSSR count). The highest BCUT2D eigenvalue weighted by molar-refractivity contribution is 5.81. The van der Waals surface area contributed by atoms with Gasteiger partial charge in [-0.15, -0.1) is 0 Å². The SMILES string of the molecule is CC(N)C(=O)NC1CCN(C(=O)OCc2ccccc2)C1. The molecule has 1 aliphatic heterocycles. The van der Waals surface area contributed by atoms with E-state index >= 15 is 0 Å². The summed E-state index contributed by atoms with van der Waals surface area (Å²) in [6, 6.07) is 8.94. The van der Waals surface area contributed by atoms with Gasteiger partial charge in [-0.05, 0) is 18.9 Å². The summed E-state index contributed by atoms with van der Waals surface area (Å²) in [5, 5.41) is 2.82. The van der Waals surface area contributed by atoms with Gasteiger partial charge in [-0.25, -0.2) is 4.79 Å². The van der Waals surface area contributed by atoms with Crippen LogP contribution in [-0.2, 0) is 16.1 Å². The van der Waals surface area contributed by atoms with Crippen LogP contribution in [0.3, 0.4) is 0 Å². The van der Waals surface area contributed by atoms with Crippen LogP contribution >= 0.6 is 0 Å². The number of nitrogens with two attached hydrogens (primary N) is 1. The average Bonchev–Trinajstić information content (AvgIpc) is 2.94. The highest BCUT2D eigenvalue weighted by atomic mass is 16.6. The number of hydrogen-bond acceptors (Lipinski definition) is 4. The van der Waals surface area contributed by atoms with E-state index in [1.807, 2.05) is 30.3 Å². The first kappa shape index (κ1) is 15.3. The summed E-state index contributed by atoms with van der Waals surface area (Å²) in [6.07, 6.45) is 0.371. The molecule has 6 heteroatoms. The molecule has 0 aromatic heterocycles. The molecule has 2 unspecified atom stereocenters. The van der Waals surface area contributed by atoms with E-state index in [0.717, 1.165) is 12.0 Å². The maximum absolute atomic E-state index is 12.0. The lowest BCUT2D eigenvalue weighted by Crippen LogP contribution is -2.45. The molecule has 21 heavy (non-hydrogen) atoms. The van der Waals surface area contributed by atoms with Crippen molar-refractivity contribution < 1.29 is 14.3 Å². The lowest BCUT2D eigenvalue weighted by atomic mass is 10.2. The monoisotopic (exact) mass is 291 g/mol. The van der Waals surface area contributed by atoms with Gasteiger partial charge >= 0.3 is 6.09 Å². The molecule has 2 amide bonds. The molecule has 2 atom stereocenters. The van der Waals surface area contributed by atoms with Crippen molar-refractivity contribution in [2.45, 2.75) is 32.0 Å². The summed E-state index contributed by atoms with van der Waals surface area (Å²) in [5.74, 6) is -0.195. The molecule has 1 fully saturated rings. The average molecular weight is 291 g/mol. The van der Waals surface area contributed by atoms with E-state index < -0.39 is 6.04 Å². The van der Waals surface area contributed by atoms with Gasteiger partial charge in [0.1, 0.15) is 6.61 Å². The fourth-order valence-corrected chi connectivity index (χ4v) is 2.19. The highest BCUT2D eigenvalue weighted by Crippen LogP contribution is 2.12. The van der Waals surface area contributed by atoms with Crippen molar-refractivity contribution >= 4 is 12.0 Å². The van der Waals surface area contributed by atoms with Crippen LogP contribution in [-0.4, -0.2) is 42.1 Å². The molecular formula is C15H21N3O3. The minimum Gasteiger partial charge on any atom is -0.445 e. The van der Waals surface area contributed by atoms with Crippen molar-refractivity contribution in [3.63, 3.8) is 0 Å². The number of carbonyl (C=O) groups is 2. The summed E-state index contributed by atoms with van der Waals surface area (Å²) in [6.45, 7) is 2.94. The Morgan fingerprint density at radius 3 is 2.81 bits per heavy atom. The van der Waals surface area contributed by atoms with Gasteiger partial charge in [0.05, 0.1) is 6.04 Å². The molecule has 1 aromatic carbocycles. The predicted molar refractivity (Wildman–Crippen MR) is 78.4 cm³/mol. The van der Waals surface area contributed by atoms with Gasteiger partial charge in [-0.3, -0.25) is 4.79 Å². The third kappa shape index (κ3) is 4.46. The molecular weight excluding hydrogens is 270 g/mol. The van der Waals surface area contributed by atoms with Gasteiger partial charge in [-0.2, -0.15) is 0 Å². The molecule has 1 saturated heterocycles. The minimum atomic E-state index is -0.538. The summed E-state index contributed by atoms with van der Waals surface area (Å²) in [7, 11) is 0. The van der Waals surface area contributed by atoms with Gasteiger partial charge < -0.3 is 20.7 Å². The molecule has 114 valence electrons. The van der Waals surface area contributed by atoms with Crippen LogP contribution in [0, 0.1) is 0 Å². The van der Waals surface area contributed by atoms with Crippen LogP contribution in [0.25, 0.3) is 0 Å². The van der Waals surface area contributed by atoms with E-state index in [-0.39, 0.29) is 24.6 Å². The van der Waals surface area contributed by atoms with Crippen molar-refractivity contribution in [1.29, 1.82) is 0 Å². The molecule has 3 N–H and O–H groups in total. The molecule has 1 aliphatic rings. The summed E-state index contributed by atoms with van der Waals surface area (Å²) >= 11 is 0. The zero-order valence-corrected chi connectivity index (χ0v) is 12.1. The summed E-state index contributed by atoms with van der Waals surface area (Å²) < 4.78 is 5.26. The van der Waals surface area contributed by atoms with E-state index in [0.29, 0.717) is 13.1 Å². The Kier molecular flexibility index (Phi) is 5.16. The van der Waals surface area contributed by atoms with Crippen LogP contribution in [0.2, 0.25) is 0 Å². The number of nitrogens with one attached hydrogen (secondary N) is 1. The third-order valence-electron chi connectivity index (χ3n) is 3.41. The normalized spacial score (nSPS) is 19.1. The molecule has 1 heterocycles. The van der Waals surface area contributed by atoms with Gasteiger partial charge in [0.25, 0.3) is 0 Å². The molecule has 6 nitrogen and oxygen atoms in total. The number of ether oxygens (including phenoxy) is 1. The van der Waals surface area contributed by atoms with Crippen LogP contribution in [0.1, 0.15) is 18.9 Å². The third-order valence-corrected chi connectivity index (χ3v) is 3.41. The zero-order chi connectivity index (χ0) is 15.2. The Balaban J connectivity index is 1.76. The Morgan fingerprint density at radius 1 is 1.43 bits per heavy atom. The van der Waals surface area contributed by atoms with Crippen molar-refractivity contribution in [1.82, 2.24) is 10.2 Å². The number of amides is 2. The lowest BCUT2D eigenvalue weighted by molar-refractivity contribution is -0.122. The van der Waals surface area contributed by atoms with E-state index in [1.54, 1.807) is 11.8 Å². The fourth-order valence-electron chi connectivity index (χ4n) is 2.19. The fraction of sp³-hybridized carbons (Fsp3) is 0.467. The summed E-state index contributed by atoms with van der Waals surface area (Å²) in [4.78, 5) is 25.1. The van der Waals surface area contributed by atoms with Crippen LogP contribution in [0.4, 0.5) is 4.79 Å². The van der Waals surface area contributed by atoms with Gasteiger partial charge in [0.2, 0.25) is 5.91 Å². The van der Waals surface area contributed by atoms with Gasteiger partial charge in [0.15, 0.2) is 0 Å². The quantitative estimate of drug-likeness (QED) is 0.861. The van der Waals surface area contributed by atoms with Crippen molar-refractivity contribution in [2.24, 2.45) is 5.73 Å². The standard InChI is InChI=1S/C15H21N3O3/c1-11(16)14(19)17-13-7-8-18(9-13)15(20)21-10-12-5-3-2-4-6-12/h2-6,11,13H,7-10,16H2,1H3,(H,17,19). The van der Waals surface area contributed by atoms with Crippen LogP contribution in [0.15, 0.2) is 30.3 Å². The van der Waals surface area contributed by atoms with E-state index in [1.165, 1.54) is 0 Å². The predicted octanol–water partition coefficient (Wildman–Crippen LogP) is 0.861. The largest absolute Gasteiger partial charge is 0.445 e. The molecule has 1 aromatic rings. The van der Waals surface area contributed by atoms with E-state index in [9.17, 15) is 9.59 Å². The number of benzene rings is 1. The van der Waals surface area contributed by atoms with Crippen molar-refractivity contribution in [3.8, 4) is 0 Å². The van der Waals surface area contributed by atoms with Crippen LogP contribution < -0.4 is 11.1 Å². The Hall–Kier alpha value is -2.08. The van der Waals surface area contributed by atoms with Crippen LogP contribution in [0.5, 0.6) is 0 Å². The maximum Gasteiger partial charge on any atom is 0.410 e. The topological polar surface area (TPSA) is 84.7 Å². The van der Waals surface area contributed by atoms with Crippen molar-refractivity contribution in [2.75, 3.05) is 13.1 Å². The van der Waals surface area contributed by atoms with Crippen molar-refractivity contribution in [3.05, 3.63) is 35.9 Å². The number of nitrogens with zero attached hydrogens (tertiary/aromatic N) is 1. The van der Waals surface area contributed by atoms with Gasteiger partial charge in [0, 0.05) is 19.1 Å². The second-order valence-electron chi connectivity index (χ2n) is 5.27. The first-order valence-electron chi connectivity index (χ1n) is 7.08. The molecule has 0 radical (unpaired) electrons. The zero-order valence-electron chi connectivity index (χ0n) is 12.1. The smallest absolute Gasteiger partial charge is 0.410 e. The Labute approximate surface area is 124 Å². The lowest BCUT2D eigenvalue weighted by Gasteiger charge is -2.17. The maximum atomic E-state index is 12.0. The second-order valence-corrected chi connectivity index (χ2v) is 5.27. The van der Waals surface area contributed by atoms with E-state index in [4.69, 9.17) is 10.5 Å². The molecule has 0 saturated carbocycles. The van der Waals surface area contributed by atoms with Gasteiger partial charge in [-0.1, -0.05) is 30.3 Å².